The lowest BCUT2D eigenvalue weighted by atomic mass is 10.2. The van der Waals surface area contributed by atoms with Gasteiger partial charge in [-0.05, 0) is 43.3 Å². The molecule has 5 aromatic rings. The van der Waals surface area contributed by atoms with Crippen LogP contribution in [-0.2, 0) is 11.3 Å². The number of aromatic amines is 1. The summed E-state index contributed by atoms with van der Waals surface area (Å²) in [7, 11) is 0. The fourth-order valence-electron chi connectivity index (χ4n) is 3.43. The fourth-order valence-corrected chi connectivity index (χ4v) is 4.23. The van der Waals surface area contributed by atoms with E-state index in [-0.39, 0.29) is 11.7 Å². The van der Waals surface area contributed by atoms with Gasteiger partial charge in [0.15, 0.2) is 16.7 Å². The highest BCUT2D eigenvalue weighted by atomic mass is 32.2. The molecule has 8 nitrogen and oxygen atoms in total. The van der Waals surface area contributed by atoms with Crippen LogP contribution in [-0.4, -0.2) is 36.4 Å². The molecule has 3 heterocycles. The zero-order chi connectivity index (χ0) is 21.9. The number of carbonyl (C=O) groups is 1. The lowest BCUT2D eigenvalue weighted by molar-refractivity contribution is -0.113. The van der Waals surface area contributed by atoms with Crippen LogP contribution >= 0.6 is 11.8 Å². The smallest absolute Gasteiger partial charge is 0.234 e. The van der Waals surface area contributed by atoms with Gasteiger partial charge in [0.2, 0.25) is 5.91 Å². The minimum atomic E-state index is -0.123. The van der Waals surface area contributed by atoms with Crippen LogP contribution in [0.2, 0.25) is 0 Å². The maximum Gasteiger partial charge on any atom is 0.234 e. The molecule has 0 aliphatic rings. The number of thioether (sulfide) groups is 1. The summed E-state index contributed by atoms with van der Waals surface area (Å²) in [4.78, 5) is 20.5. The summed E-state index contributed by atoms with van der Waals surface area (Å²) in [6.07, 6.45) is 1.60. The van der Waals surface area contributed by atoms with Gasteiger partial charge < -0.3 is 14.7 Å². The zero-order valence-electron chi connectivity index (χ0n) is 17.3. The van der Waals surface area contributed by atoms with Crippen molar-refractivity contribution in [3.8, 4) is 23.0 Å². The number of benzene rings is 2. The van der Waals surface area contributed by atoms with Crippen LogP contribution in [0.5, 0.6) is 0 Å². The summed E-state index contributed by atoms with van der Waals surface area (Å²) in [6.45, 7) is 2.68. The highest BCUT2D eigenvalue weighted by Crippen LogP contribution is 2.25. The van der Waals surface area contributed by atoms with Gasteiger partial charge in [-0.2, -0.15) is 0 Å². The number of hydrogen-bond acceptors (Lipinski definition) is 6. The van der Waals surface area contributed by atoms with Gasteiger partial charge in [0, 0.05) is 17.8 Å². The minimum absolute atomic E-state index is 0.123. The molecule has 3 aromatic heterocycles. The summed E-state index contributed by atoms with van der Waals surface area (Å²) in [5.74, 6) is 2.16. The molecule has 0 aliphatic heterocycles. The molecule has 2 N–H and O–H groups in total. The van der Waals surface area contributed by atoms with Crippen molar-refractivity contribution in [2.45, 2.75) is 18.6 Å². The molecule has 5 rings (SSSR count). The number of nitrogens with one attached hydrogen (secondary N) is 2. The average Bonchev–Trinajstić information content (AvgIpc) is 3.56. The maximum absolute atomic E-state index is 12.6. The first-order valence-electron chi connectivity index (χ1n) is 10.2. The van der Waals surface area contributed by atoms with Crippen LogP contribution in [0.1, 0.15) is 6.92 Å². The van der Waals surface area contributed by atoms with E-state index < -0.39 is 0 Å². The Morgan fingerprint density at radius 2 is 2.03 bits per heavy atom. The summed E-state index contributed by atoms with van der Waals surface area (Å²) in [5, 5.41) is 12.1. The molecule has 0 saturated carbocycles. The van der Waals surface area contributed by atoms with Crippen molar-refractivity contribution in [2.75, 3.05) is 11.1 Å². The first-order valence-corrected chi connectivity index (χ1v) is 11.1. The zero-order valence-corrected chi connectivity index (χ0v) is 18.1. The van der Waals surface area contributed by atoms with Crippen molar-refractivity contribution in [1.82, 2.24) is 24.7 Å². The molecule has 1 amide bonds. The van der Waals surface area contributed by atoms with E-state index in [1.807, 2.05) is 72.2 Å². The molecule has 0 saturated heterocycles. The van der Waals surface area contributed by atoms with E-state index in [9.17, 15) is 4.79 Å². The lowest BCUT2D eigenvalue weighted by Crippen LogP contribution is -2.14. The van der Waals surface area contributed by atoms with Crippen molar-refractivity contribution >= 4 is 34.4 Å². The molecule has 0 radical (unpaired) electrons. The lowest BCUT2D eigenvalue weighted by Gasteiger charge is -2.08. The SMILES string of the molecule is CCn1c(SCC(=O)Nc2cccc(-c3nc4ccccc4[nH]3)c2)nnc1-c1ccco1. The molecule has 0 bridgehead atoms. The number of hydrogen-bond donors (Lipinski definition) is 2. The molecule has 2 aromatic carbocycles. The van der Waals surface area contributed by atoms with Gasteiger partial charge in [-0.25, -0.2) is 4.98 Å². The Bertz CT molecular complexity index is 1340. The summed E-state index contributed by atoms with van der Waals surface area (Å²) >= 11 is 1.34. The highest BCUT2D eigenvalue weighted by Gasteiger charge is 2.16. The predicted molar refractivity (Wildman–Crippen MR) is 124 cm³/mol. The van der Waals surface area contributed by atoms with E-state index in [0.717, 1.165) is 22.4 Å². The van der Waals surface area contributed by atoms with Crippen LogP contribution in [0.4, 0.5) is 5.69 Å². The van der Waals surface area contributed by atoms with Gasteiger partial charge >= 0.3 is 0 Å². The number of para-hydroxylation sites is 2. The monoisotopic (exact) mass is 444 g/mol. The van der Waals surface area contributed by atoms with E-state index in [1.54, 1.807) is 6.26 Å². The Morgan fingerprint density at radius 3 is 2.84 bits per heavy atom. The van der Waals surface area contributed by atoms with Crippen molar-refractivity contribution in [3.63, 3.8) is 0 Å². The van der Waals surface area contributed by atoms with E-state index >= 15 is 0 Å². The van der Waals surface area contributed by atoms with E-state index in [4.69, 9.17) is 4.42 Å². The molecule has 160 valence electrons. The highest BCUT2D eigenvalue weighted by molar-refractivity contribution is 7.99. The minimum Gasteiger partial charge on any atom is -0.461 e. The Balaban J connectivity index is 1.27. The summed E-state index contributed by atoms with van der Waals surface area (Å²) in [6, 6.07) is 19.1. The fraction of sp³-hybridized carbons (Fsp3) is 0.130. The van der Waals surface area contributed by atoms with Crippen LogP contribution < -0.4 is 5.32 Å². The molecular formula is C23H20N6O2S. The maximum atomic E-state index is 12.6. The largest absolute Gasteiger partial charge is 0.461 e. The van der Waals surface area contributed by atoms with E-state index in [0.29, 0.717) is 29.0 Å². The van der Waals surface area contributed by atoms with Crippen LogP contribution in [0.15, 0.2) is 76.5 Å². The van der Waals surface area contributed by atoms with Gasteiger partial charge in [0.25, 0.3) is 0 Å². The van der Waals surface area contributed by atoms with Crippen LogP contribution in [0.3, 0.4) is 0 Å². The molecule has 32 heavy (non-hydrogen) atoms. The van der Waals surface area contributed by atoms with Crippen molar-refractivity contribution in [3.05, 3.63) is 66.9 Å². The number of nitrogens with zero attached hydrogens (tertiary/aromatic N) is 4. The number of rotatable bonds is 7. The predicted octanol–water partition coefficient (Wildman–Crippen LogP) is 4.83. The van der Waals surface area contributed by atoms with Gasteiger partial charge in [0.05, 0.1) is 23.0 Å². The van der Waals surface area contributed by atoms with Gasteiger partial charge in [-0.3, -0.25) is 9.36 Å². The number of H-pyrrole nitrogens is 1. The van der Waals surface area contributed by atoms with Gasteiger partial charge in [-0.15, -0.1) is 10.2 Å². The van der Waals surface area contributed by atoms with Crippen molar-refractivity contribution in [1.29, 1.82) is 0 Å². The Hall–Kier alpha value is -3.85. The number of anilines is 1. The molecule has 0 unspecified atom stereocenters. The summed E-state index contributed by atoms with van der Waals surface area (Å²) < 4.78 is 7.36. The third kappa shape index (κ3) is 4.02. The number of aromatic nitrogens is 5. The molecule has 0 atom stereocenters. The second-order valence-corrected chi connectivity index (χ2v) is 7.99. The first-order chi connectivity index (χ1) is 15.7. The third-order valence-corrected chi connectivity index (χ3v) is 5.88. The average molecular weight is 445 g/mol. The molecule has 0 spiro atoms. The van der Waals surface area contributed by atoms with E-state index in [2.05, 4.69) is 25.5 Å². The third-order valence-electron chi connectivity index (χ3n) is 4.92. The number of fused-ring (bicyclic) bond motifs is 1. The number of furan rings is 1. The first kappa shape index (κ1) is 20.1. The summed E-state index contributed by atoms with van der Waals surface area (Å²) in [5.41, 5.74) is 3.49. The topological polar surface area (TPSA) is 102 Å². The number of imidazole rings is 1. The normalized spacial score (nSPS) is 11.2. The number of amides is 1. The second kappa shape index (κ2) is 8.72. The van der Waals surface area contributed by atoms with Crippen LogP contribution in [0, 0.1) is 0 Å². The molecule has 9 heteroatoms. The van der Waals surface area contributed by atoms with Crippen LogP contribution in [0.25, 0.3) is 34.0 Å². The van der Waals surface area contributed by atoms with Crippen molar-refractivity contribution in [2.24, 2.45) is 0 Å². The standard InChI is InChI=1S/C23H20N6O2S/c1-2-29-22(19-11-6-12-31-19)27-28-23(29)32-14-20(30)24-16-8-5-7-15(13-16)21-25-17-9-3-4-10-18(17)26-21/h3-13H,2,14H2,1H3,(H,24,30)(H,25,26). The Labute approximate surface area is 188 Å². The van der Waals surface area contributed by atoms with E-state index in [1.165, 1.54) is 11.8 Å². The second-order valence-electron chi connectivity index (χ2n) is 7.05. The van der Waals surface area contributed by atoms with Gasteiger partial charge in [-0.1, -0.05) is 36.0 Å². The molecular weight excluding hydrogens is 424 g/mol. The Kier molecular flexibility index (Phi) is 5.47. The Morgan fingerprint density at radius 1 is 1.12 bits per heavy atom. The van der Waals surface area contributed by atoms with Crippen molar-refractivity contribution < 1.29 is 9.21 Å². The molecule has 0 aliphatic carbocycles. The quantitative estimate of drug-likeness (QED) is 0.349. The molecule has 0 fully saturated rings. The number of carbonyl (C=O) groups excluding carboxylic acids is 1. The van der Waals surface area contributed by atoms with Gasteiger partial charge in [0.1, 0.15) is 5.82 Å².